The van der Waals surface area contributed by atoms with Gasteiger partial charge in [-0.3, -0.25) is 0 Å². The third-order valence-electron chi connectivity index (χ3n) is 2.66. The van der Waals surface area contributed by atoms with Gasteiger partial charge >= 0.3 is 6.18 Å². The topological polar surface area (TPSA) is 80.4 Å². The molecule has 0 saturated carbocycles. The van der Waals surface area contributed by atoms with Gasteiger partial charge in [0, 0.05) is 5.69 Å². The van der Waals surface area contributed by atoms with Gasteiger partial charge in [-0.25, -0.2) is 0 Å². The predicted octanol–water partition coefficient (Wildman–Crippen LogP) is 2.38. The quantitative estimate of drug-likeness (QED) is 0.851. The largest absolute Gasteiger partial charge is 0.491 e. The molecule has 0 saturated heterocycles. The van der Waals surface area contributed by atoms with Crippen molar-refractivity contribution in [2.24, 2.45) is 0 Å². The fourth-order valence-corrected chi connectivity index (χ4v) is 1.75. The van der Waals surface area contributed by atoms with E-state index in [4.69, 9.17) is 14.4 Å². The minimum absolute atomic E-state index is 0.0270. The second-order valence-corrected chi connectivity index (χ2v) is 4.37. The molecule has 0 fully saturated rings. The number of ether oxygens (including phenoxy) is 1. The lowest BCUT2D eigenvalue weighted by atomic mass is 10.1. The van der Waals surface area contributed by atoms with E-state index in [0.717, 1.165) is 6.07 Å². The second-order valence-electron chi connectivity index (χ2n) is 4.37. The van der Waals surface area contributed by atoms with Crippen molar-refractivity contribution < 1.29 is 27.5 Å². The Morgan fingerprint density at radius 3 is 2.73 bits per heavy atom. The van der Waals surface area contributed by atoms with Crippen LogP contribution in [0.3, 0.4) is 0 Å². The van der Waals surface area contributed by atoms with Gasteiger partial charge < -0.3 is 19.7 Å². The van der Waals surface area contributed by atoms with Crippen LogP contribution in [0.25, 0.3) is 0 Å². The van der Waals surface area contributed by atoms with Gasteiger partial charge in [0.2, 0.25) is 5.89 Å². The molecule has 0 spiro atoms. The summed E-state index contributed by atoms with van der Waals surface area (Å²) in [5, 5.41) is 14.8. The van der Waals surface area contributed by atoms with Crippen molar-refractivity contribution in [3.63, 3.8) is 0 Å². The van der Waals surface area contributed by atoms with Crippen molar-refractivity contribution in [2.75, 3.05) is 18.5 Å². The smallest absolute Gasteiger partial charge is 0.418 e. The average molecular weight is 317 g/mol. The summed E-state index contributed by atoms with van der Waals surface area (Å²) in [5.41, 5.74) is -1.00. The van der Waals surface area contributed by atoms with Crippen LogP contribution in [0.2, 0.25) is 0 Å². The number of aliphatic hydroxyl groups excluding tert-OH is 1. The summed E-state index contributed by atoms with van der Waals surface area (Å²) in [5.74, 6) is 0.618. The number of nitrogens with zero attached hydrogens (tertiary/aromatic N) is 2. The Labute approximate surface area is 123 Å². The number of halogens is 3. The van der Waals surface area contributed by atoms with Crippen molar-refractivity contribution in [1.29, 1.82) is 0 Å². The number of rotatable bonds is 6. The molecule has 6 nitrogen and oxygen atoms in total. The van der Waals surface area contributed by atoms with Crippen LogP contribution in [-0.2, 0) is 12.7 Å². The lowest BCUT2D eigenvalue weighted by Crippen LogP contribution is -2.12. The summed E-state index contributed by atoms with van der Waals surface area (Å²) in [6.45, 7) is 1.23. The molecule has 120 valence electrons. The Morgan fingerprint density at radius 1 is 1.36 bits per heavy atom. The third kappa shape index (κ3) is 4.10. The number of alkyl halides is 3. The molecule has 0 unspecified atom stereocenters. The highest BCUT2D eigenvalue weighted by molar-refractivity contribution is 5.55. The van der Waals surface area contributed by atoms with Gasteiger partial charge in [-0.05, 0) is 25.1 Å². The fraction of sp³-hybridized carbons (Fsp3) is 0.385. The average Bonchev–Trinajstić information content (AvgIpc) is 2.88. The first kappa shape index (κ1) is 16.1. The Hall–Kier alpha value is -2.29. The van der Waals surface area contributed by atoms with E-state index in [1.807, 2.05) is 0 Å². The number of nitrogens with one attached hydrogen (secondary N) is 1. The molecule has 0 radical (unpaired) electrons. The number of hydrogen-bond donors (Lipinski definition) is 2. The number of benzene rings is 1. The molecular weight excluding hydrogens is 303 g/mol. The molecule has 0 bridgehead atoms. The van der Waals surface area contributed by atoms with Gasteiger partial charge in [0.1, 0.15) is 12.4 Å². The Morgan fingerprint density at radius 2 is 2.14 bits per heavy atom. The Bertz CT molecular complexity index is 628. The van der Waals surface area contributed by atoms with Crippen LogP contribution < -0.4 is 10.1 Å². The summed E-state index contributed by atoms with van der Waals surface area (Å²) in [6, 6.07) is 3.50. The number of aromatic nitrogens is 2. The SMILES string of the molecule is Cc1noc(CNc2ccc(OCCO)cc2C(F)(F)F)n1. The summed E-state index contributed by atoms with van der Waals surface area (Å²) in [6.07, 6.45) is -4.55. The van der Waals surface area contributed by atoms with E-state index in [2.05, 4.69) is 15.5 Å². The molecule has 22 heavy (non-hydrogen) atoms. The van der Waals surface area contributed by atoms with Crippen LogP contribution in [-0.4, -0.2) is 28.5 Å². The zero-order chi connectivity index (χ0) is 16.2. The fourth-order valence-electron chi connectivity index (χ4n) is 1.75. The van der Waals surface area contributed by atoms with Gasteiger partial charge in [-0.1, -0.05) is 5.16 Å². The van der Waals surface area contributed by atoms with Crippen molar-refractivity contribution in [3.8, 4) is 5.75 Å². The molecule has 2 rings (SSSR count). The molecule has 0 amide bonds. The van der Waals surface area contributed by atoms with Crippen LogP contribution in [0.5, 0.6) is 5.75 Å². The number of aliphatic hydroxyl groups is 1. The van der Waals surface area contributed by atoms with Gasteiger partial charge in [-0.2, -0.15) is 18.2 Å². The van der Waals surface area contributed by atoms with Crippen molar-refractivity contribution in [1.82, 2.24) is 10.1 Å². The zero-order valence-corrected chi connectivity index (χ0v) is 11.6. The first-order chi connectivity index (χ1) is 10.4. The molecule has 1 aromatic carbocycles. The van der Waals surface area contributed by atoms with E-state index in [-0.39, 0.29) is 37.1 Å². The zero-order valence-electron chi connectivity index (χ0n) is 11.6. The second kappa shape index (κ2) is 6.65. The number of hydrogen-bond acceptors (Lipinski definition) is 6. The van der Waals surface area contributed by atoms with Crippen LogP contribution >= 0.6 is 0 Å². The van der Waals surface area contributed by atoms with E-state index in [0.29, 0.717) is 5.82 Å². The minimum Gasteiger partial charge on any atom is -0.491 e. The van der Waals surface area contributed by atoms with Gasteiger partial charge in [0.25, 0.3) is 0 Å². The van der Waals surface area contributed by atoms with Crippen molar-refractivity contribution in [2.45, 2.75) is 19.6 Å². The Kier molecular flexibility index (Phi) is 4.86. The van der Waals surface area contributed by atoms with Crippen LogP contribution in [0, 0.1) is 6.92 Å². The van der Waals surface area contributed by atoms with Crippen LogP contribution in [0.4, 0.5) is 18.9 Å². The van der Waals surface area contributed by atoms with E-state index >= 15 is 0 Å². The van der Waals surface area contributed by atoms with Crippen LogP contribution in [0.15, 0.2) is 22.7 Å². The summed E-state index contributed by atoms with van der Waals surface area (Å²) >= 11 is 0. The molecule has 2 N–H and O–H groups in total. The molecule has 0 aliphatic rings. The number of aryl methyl sites for hydroxylation is 1. The summed E-state index contributed by atoms with van der Waals surface area (Å²) < 4.78 is 49.1. The third-order valence-corrected chi connectivity index (χ3v) is 2.66. The maximum Gasteiger partial charge on any atom is 0.418 e. The molecule has 2 aromatic rings. The van der Waals surface area contributed by atoms with Gasteiger partial charge in [0.15, 0.2) is 5.82 Å². The molecule has 0 aliphatic carbocycles. The molecule has 0 atom stereocenters. The minimum atomic E-state index is -4.55. The van der Waals surface area contributed by atoms with Crippen molar-refractivity contribution in [3.05, 3.63) is 35.5 Å². The molecule has 9 heteroatoms. The summed E-state index contributed by atoms with van der Waals surface area (Å²) in [7, 11) is 0. The van der Waals surface area contributed by atoms with E-state index in [1.54, 1.807) is 6.92 Å². The van der Waals surface area contributed by atoms with Crippen LogP contribution in [0.1, 0.15) is 17.3 Å². The highest BCUT2D eigenvalue weighted by Gasteiger charge is 2.34. The monoisotopic (exact) mass is 317 g/mol. The standard InChI is InChI=1S/C13H14F3N3O3/c1-8-18-12(22-19-8)7-17-11-3-2-9(21-5-4-20)6-10(11)13(14,15)16/h2-3,6,17,20H,4-5,7H2,1H3. The lowest BCUT2D eigenvalue weighted by Gasteiger charge is -2.15. The Balaban J connectivity index is 2.18. The van der Waals surface area contributed by atoms with Crippen molar-refractivity contribution >= 4 is 5.69 Å². The molecule has 0 aliphatic heterocycles. The maximum atomic E-state index is 13.1. The first-order valence-corrected chi connectivity index (χ1v) is 6.38. The summed E-state index contributed by atoms with van der Waals surface area (Å²) in [4.78, 5) is 3.90. The highest BCUT2D eigenvalue weighted by Crippen LogP contribution is 2.37. The number of anilines is 1. The molecule has 1 aromatic heterocycles. The first-order valence-electron chi connectivity index (χ1n) is 6.38. The molecule has 1 heterocycles. The normalized spacial score (nSPS) is 11.5. The van der Waals surface area contributed by atoms with E-state index in [9.17, 15) is 13.2 Å². The van der Waals surface area contributed by atoms with Gasteiger partial charge in [0.05, 0.1) is 18.7 Å². The highest BCUT2D eigenvalue weighted by atomic mass is 19.4. The van der Waals surface area contributed by atoms with Gasteiger partial charge in [-0.15, -0.1) is 0 Å². The predicted molar refractivity (Wildman–Crippen MR) is 70.4 cm³/mol. The van der Waals surface area contributed by atoms with E-state index in [1.165, 1.54) is 12.1 Å². The lowest BCUT2D eigenvalue weighted by molar-refractivity contribution is -0.137. The van der Waals surface area contributed by atoms with E-state index < -0.39 is 11.7 Å². The molecular formula is C13H14F3N3O3. The maximum absolute atomic E-state index is 13.1.